The summed E-state index contributed by atoms with van der Waals surface area (Å²) < 4.78 is 0. The number of rotatable bonds is 5. The van der Waals surface area contributed by atoms with Gasteiger partial charge in [-0.1, -0.05) is 13.8 Å². The van der Waals surface area contributed by atoms with Crippen molar-refractivity contribution in [2.75, 3.05) is 19.6 Å². The standard InChI is InChI=1S/C15H25N3/c1-13(2)17-10-15-4-3-9-18(12-15)11-14-5-7-16-8-6-14/h5-8,13,15,17H,3-4,9-12H2,1-2H3. The molecular formula is C15H25N3. The second kappa shape index (κ2) is 6.86. The summed E-state index contributed by atoms with van der Waals surface area (Å²) in [5, 5.41) is 3.56. The summed E-state index contributed by atoms with van der Waals surface area (Å²) in [4.78, 5) is 6.65. The number of likely N-dealkylation sites (tertiary alicyclic amines) is 1. The lowest BCUT2D eigenvalue weighted by molar-refractivity contribution is 0.164. The van der Waals surface area contributed by atoms with E-state index in [2.05, 4.69) is 41.2 Å². The van der Waals surface area contributed by atoms with Gasteiger partial charge in [0.25, 0.3) is 0 Å². The third-order valence-electron chi connectivity index (χ3n) is 3.57. The molecule has 1 aromatic rings. The first-order valence-corrected chi connectivity index (χ1v) is 7.08. The molecule has 0 bridgehead atoms. The van der Waals surface area contributed by atoms with Crippen LogP contribution < -0.4 is 5.32 Å². The number of hydrogen-bond acceptors (Lipinski definition) is 3. The number of nitrogens with one attached hydrogen (secondary N) is 1. The van der Waals surface area contributed by atoms with E-state index in [0.29, 0.717) is 6.04 Å². The molecule has 1 fully saturated rings. The van der Waals surface area contributed by atoms with Crippen LogP contribution in [-0.2, 0) is 6.54 Å². The summed E-state index contributed by atoms with van der Waals surface area (Å²) in [7, 11) is 0. The second-order valence-corrected chi connectivity index (χ2v) is 5.66. The van der Waals surface area contributed by atoms with E-state index in [-0.39, 0.29) is 0 Å². The third kappa shape index (κ3) is 4.39. The first-order chi connectivity index (χ1) is 8.74. The molecule has 0 aliphatic carbocycles. The average molecular weight is 247 g/mol. The maximum atomic E-state index is 4.07. The Balaban J connectivity index is 1.79. The fourth-order valence-electron chi connectivity index (χ4n) is 2.61. The van der Waals surface area contributed by atoms with Crippen molar-refractivity contribution in [1.82, 2.24) is 15.2 Å². The van der Waals surface area contributed by atoms with Crippen LogP contribution in [0.25, 0.3) is 0 Å². The molecule has 0 spiro atoms. The zero-order chi connectivity index (χ0) is 12.8. The van der Waals surface area contributed by atoms with Crippen LogP contribution in [0.4, 0.5) is 0 Å². The highest BCUT2D eigenvalue weighted by Crippen LogP contribution is 2.17. The summed E-state index contributed by atoms with van der Waals surface area (Å²) in [6, 6.07) is 4.84. The fraction of sp³-hybridized carbons (Fsp3) is 0.667. The smallest absolute Gasteiger partial charge is 0.0271 e. The van der Waals surface area contributed by atoms with Crippen molar-refractivity contribution < 1.29 is 0 Å². The van der Waals surface area contributed by atoms with Gasteiger partial charge in [0.05, 0.1) is 0 Å². The van der Waals surface area contributed by atoms with E-state index < -0.39 is 0 Å². The Hall–Kier alpha value is -0.930. The van der Waals surface area contributed by atoms with Crippen molar-refractivity contribution in [1.29, 1.82) is 0 Å². The minimum Gasteiger partial charge on any atom is -0.314 e. The second-order valence-electron chi connectivity index (χ2n) is 5.66. The Morgan fingerprint density at radius 1 is 1.39 bits per heavy atom. The van der Waals surface area contributed by atoms with Gasteiger partial charge in [0.15, 0.2) is 0 Å². The van der Waals surface area contributed by atoms with Crippen molar-refractivity contribution in [3.8, 4) is 0 Å². The topological polar surface area (TPSA) is 28.2 Å². The summed E-state index contributed by atoms with van der Waals surface area (Å²) in [6.45, 7) is 9.13. The first kappa shape index (κ1) is 13.5. The monoisotopic (exact) mass is 247 g/mol. The van der Waals surface area contributed by atoms with Crippen LogP contribution in [-0.4, -0.2) is 35.6 Å². The van der Waals surface area contributed by atoms with Gasteiger partial charge < -0.3 is 5.32 Å². The minimum absolute atomic E-state index is 0.598. The van der Waals surface area contributed by atoms with Gasteiger partial charge in [-0.05, 0) is 49.5 Å². The van der Waals surface area contributed by atoms with E-state index in [4.69, 9.17) is 0 Å². The van der Waals surface area contributed by atoms with Crippen molar-refractivity contribution in [3.05, 3.63) is 30.1 Å². The van der Waals surface area contributed by atoms with Crippen LogP contribution in [0, 0.1) is 5.92 Å². The summed E-state index contributed by atoms with van der Waals surface area (Å²) in [5.41, 5.74) is 1.38. The highest BCUT2D eigenvalue weighted by atomic mass is 15.1. The van der Waals surface area contributed by atoms with Crippen molar-refractivity contribution in [2.24, 2.45) is 5.92 Å². The zero-order valence-electron chi connectivity index (χ0n) is 11.6. The van der Waals surface area contributed by atoms with Gasteiger partial charge in [-0.2, -0.15) is 0 Å². The van der Waals surface area contributed by atoms with Crippen LogP contribution in [0.15, 0.2) is 24.5 Å². The summed E-state index contributed by atoms with van der Waals surface area (Å²) >= 11 is 0. The average Bonchev–Trinajstić information content (AvgIpc) is 2.38. The van der Waals surface area contributed by atoms with Crippen LogP contribution >= 0.6 is 0 Å². The Kier molecular flexibility index (Phi) is 5.14. The van der Waals surface area contributed by atoms with Gasteiger partial charge in [0.2, 0.25) is 0 Å². The maximum Gasteiger partial charge on any atom is 0.0271 e. The molecule has 0 amide bonds. The van der Waals surface area contributed by atoms with Crippen LogP contribution in [0.3, 0.4) is 0 Å². The van der Waals surface area contributed by atoms with Crippen LogP contribution in [0.5, 0.6) is 0 Å². The van der Waals surface area contributed by atoms with Gasteiger partial charge in [-0.25, -0.2) is 0 Å². The number of pyridine rings is 1. The Morgan fingerprint density at radius 3 is 2.89 bits per heavy atom. The molecule has 3 nitrogen and oxygen atoms in total. The van der Waals surface area contributed by atoms with E-state index in [1.807, 2.05) is 12.4 Å². The molecule has 0 aromatic carbocycles. The molecule has 3 heteroatoms. The normalized spacial score (nSPS) is 21.4. The Bertz CT molecular complexity index is 337. The highest BCUT2D eigenvalue weighted by Gasteiger charge is 2.19. The molecule has 1 atom stereocenters. The Labute approximate surface area is 111 Å². The van der Waals surface area contributed by atoms with Gasteiger partial charge in [0, 0.05) is 31.5 Å². The quantitative estimate of drug-likeness (QED) is 0.865. The number of nitrogens with zero attached hydrogens (tertiary/aromatic N) is 2. The maximum absolute atomic E-state index is 4.07. The number of hydrogen-bond donors (Lipinski definition) is 1. The molecule has 2 heterocycles. The lowest BCUT2D eigenvalue weighted by Gasteiger charge is -2.33. The molecule has 2 rings (SSSR count). The lowest BCUT2D eigenvalue weighted by atomic mass is 9.97. The molecule has 0 radical (unpaired) electrons. The fourth-order valence-corrected chi connectivity index (χ4v) is 2.61. The van der Waals surface area contributed by atoms with Gasteiger partial charge in [-0.15, -0.1) is 0 Å². The van der Waals surface area contributed by atoms with E-state index in [1.165, 1.54) is 31.5 Å². The summed E-state index contributed by atoms with van der Waals surface area (Å²) in [5.74, 6) is 0.808. The molecular weight excluding hydrogens is 222 g/mol. The van der Waals surface area contributed by atoms with E-state index in [1.54, 1.807) is 0 Å². The van der Waals surface area contributed by atoms with Crippen LogP contribution in [0.2, 0.25) is 0 Å². The molecule has 18 heavy (non-hydrogen) atoms. The molecule has 100 valence electrons. The van der Waals surface area contributed by atoms with Gasteiger partial charge in [0.1, 0.15) is 0 Å². The first-order valence-electron chi connectivity index (χ1n) is 7.08. The van der Waals surface area contributed by atoms with E-state index in [0.717, 1.165) is 19.0 Å². The van der Waals surface area contributed by atoms with Gasteiger partial charge >= 0.3 is 0 Å². The van der Waals surface area contributed by atoms with Crippen molar-refractivity contribution >= 4 is 0 Å². The lowest BCUT2D eigenvalue weighted by Crippen LogP contribution is -2.40. The minimum atomic E-state index is 0.598. The molecule has 1 unspecified atom stereocenters. The molecule has 1 aromatic heterocycles. The largest absolute Gasteiger partial charge is 0.314 e. The van der Waals surface area contributed by atoms with Gasteiger partial charge in [-0.3, -0.25) is 9.88 Å². The van der Waals surface area contributed by atoms with E-state index >= 15 is 0 Å². The molecule has 0 saturated carbocycles. The predicted molar refractivity (Wildman–Crippen MR) is 75.4 cm³/mol. The molecule has 1 saturated heterocycles. The highest BCUT2D eigenvalue weighted by molar-refractivity contribution is 5.09. The van der Waals surface area contributed by atoms with E-state index in [9.17, 15) is 0 Å². The predicted octanol–water partition coefficient (Wildman–Crippen LogP) is 2.29. The molecule has 1 aliphatic heterocycles. The third-order valence-corrected chi connectivity index (χ3v) is 3.57. The van der Waals surface area contributed by atoms with Crippen LogP contribution in [0.1, 0.15) is 32.3 Å². The Morgan fingerprint density at radius 2 is 2.17 bits per heavy atom. The zero-order valence-corrected chi connectivity index (χ0v) is 11.6. The van der Waals surface area contributed by atoms with Crippen molar-refractivity contribution in [3.63, 3.8) is 0 Å². The SMILES string of the molecule is CC(C)NCC1CCCN(Cc2ccncc2)C1. The number of aromatic nitrogens is 1. The molecule has 1 aliphatic rings. The summed E-state index contributed by atoms with van der Waals surface area (Å²) in [6.07, 6.45) is 6.47. The number of piperidine rings is 1. The van der Waals surface area contributed by atoms with Crippen molar-refractivity contribution in [2.45, 2.75) is 39.3 Å². The molecule has 1 N–H and O–H groups in total.